The molecule has 6 heteroatoms. The van der Waals surface area contributed by atoms with Gasteiger partial charge in [-0.2, -0.15) is 0 Å². The highest BCUT2D eigenvalue weighted by atomic mass is 79.9. The Morgan fingerprint density at radius 1 is 1.40 bits per heavy atom. The van der Waals surface area contributed by atoms with Gasteiger partial charge in [-0.3, -0.25) is 9.69 Å². The number of hydrogen-bond acceptors (Lipinski definition) is 4. The molecule has 0 unspecified atom stereocenters. The molecule has 0 spiro atoms. The van der Waals surface area contributed by atoms with Crippen molar-refractivity contribution in [3.63, 3.8) is 0 Å². The summed E-state index contributed by atoms with van der Waals surface area (Å²) in [5, 5.41) is 9.22. The Kier molecular flexibility index (Phi) is 4.88. The van der Waals surface area contributed by atoms with E-state index in [1.54, 1.807) is 14.2 Å². The van der Waals surface area contributed by atoms with Crippen molar-refractivity contribution < 1.29 is 19.4 Å². The Morgan fingerprint density at radius 3 is 2.65 bits per heavy atom. The number of methoxy groups -OCH3 is 2. The van der Waals surface area contributed by atoms with Gasteiger partial charge in [0.1, 0.15) is 6.04 Å². The summed E-state index contributed by atoms with van der Waals surface area (Å²) in [5.41, 5.74) is 0.996. The minimum atomic E-state index is -0.751. The maximum Gasteiger partial charge on any atom is 0.320 e. The number of aliphatic carboxylic acids is 1. The Balaban J connectivity index is 2.23. The summed E-state index contributed by atoms with van der Waals surface area (Å²) in [6, 6.07) is 3.34. The number of rotatable bonds is 5. The van der Waals surface area contributed by atoms with E-state index in [0.717, 1.165) is 23.0 Å². The van der Waals surface area contributed by atoms with Crippen LogP contribution in [0, 0.1) is 0 Å². The van der Waals surface area contributed by atoms with Crippen LogP contribution in [0.1, 0.15) is 18.4 Å². The molecule has 110 valence electrons. The minimum absolute atomic E-state index is 0.394. The van der Waals surface area contributed by atoms with Crippen molar-refractivity contribution in [1.29, 1.82) is 0 Å². The van der Waals surface area contributed by atoms with Crippen molar-refractivity contribution >= 4 is 21.9 Å². The van der Waals surface area contributed by atoms with Gasteiger partial charge in [0.2, 0.25) is 0 Å². The molecule has 1 aliphatic heterocycles. The van der Waals surface area contributed by atoms with Crippen molar-refractivity contribution in [2.75, 3.05) is 20.8 Å². The first kappa shape index (κ1) is 15.1. The quantitative estimate of drug-likeness (QED) is 0.890. The van der Waals surface area contributed by atoms with Gasteiger partial charge in [0.05, 0.1) is 14.2 Å². The van der Waals surface area contributed by atoms with E-state index in [0.29, 0.717) is 24.5 Å². The number of carboxylic acids is 1. The maximum absolute atomic E-state index is 11.2. The predicted molar refractivity (Wildman–Crippen MR) is 78.3 cm³/mol. The van der Waals surface area contributed by atoms with Gasteiger partial charge in [0.25, 0.3) is 0 Å². The van der Waals surface area contributed by atoms with Gasteiger partial charge in [0.15, 0.2) is 11.5 Å². The van der Waals surface area contributed by atoms with Gasteiger partial charge >= 0.3 is 5.97 Å². The number of benzene rings is 1. The fourth-order valence-corrected chi connectivity index (χ4v) is 2.98. The van der Waals surface area contributed by atoms with E-state index >= 15 is 0 Å². The summed E-state index contributed by atoms with van der Waals surface area (Å²) in [7, 11) is 3.18. The molecule has 1 heterocycles. The zero-order valence-corrected chi connectivity index (χ0v) is 13.1. The highest BCUT2D eigenvalue weighted by molar-refractivity contribution is 9.10. The van der Waals surface area contributed by atoms with Crippen LogP contribution in [-0.2, 0) is 11.3 Å². The van der Waals surface area contributed by atoms with Crippen molar-refractivity contribution in [2.45, 2.75) is 25.4 Å². The highest BCUT2D eigenvalue weighted by Gasteiger charge is 2.30. The highest BCUT2D eigenvalue weighted by Crippen LogP contribution is 2.34. The Hall–Kier alpha value is -1.27. The molecule has 0 bridgehead atoms. The lowest BCUT2D eigenvalue weighted by Crippen LogP contribution is -2.35. The number of nitrogens with zero attached hydrogens (tertiary/aromatic N) is 1. The number of carbonyl (C=O) groups is 1. The maximum atomic E-state index is 11.2. The topological polar surface area (TPSA) is 59.0 Å². The number of carboxylic acid groups (broad SMARTS) is 1. The molecule has 1 aromatic rings. The van der Waals surface area contributed by atoms with E-state index in [-0.39, 0.29) is 0 Å². The van der Waals surface area contributed by atoms with Crippen LogP contribution in [0.2, 0.25) is 0 Å². The average Bonchev–Trinajstić information content (AvgIpc) is 2.88. The molecule has 5 nitrogen and oxygen atoms in total. The van der Waals surface area contributed by atoms with Gasteiger partial charge in [-0.05, 0) is 37.1 Å². The molecular weight excluding hydrogens is 326 g/mol. The second-order valence-corrected chi connectivity index (χ2v) is 5.62. The molecule has 0 saturated carbocycles. The van der Waals surface area contributed by atoms with Crippen LogP contribution >= 0.6 is 15.9 Å². The van der Waals surface area contributed by atoms with Crippen molar-refractivity contribution in [3.05, 3.63) is 22.2 Å². The van der Waals surface area contributed by atoms with E-state index in [1.807, 2.05) is 17.0 Å². The van der Waals surface area contributed by atoms with Crippen LogP contribution in [0.15, 0.2) is 16.6 Å². The van der Waals surface area contributed by atoms with Gasteiger partial charge < -0.3 is 14.6 Å². The van der Waals surface area contributed by atoms with Crippen LogP contribution in [0.25, 0.3) is 0 Å². The summed E-state index contributed by atoms with van der Waals surface area (Å²) in [6.07, 6.45) is 1.63. The number of ether oxygens (including phenoxy) is 2. The molecule has 2 rings (SSSR count). The van der Waals surface area contributed by atoms with Crippen LogP contribution in [0.5, 0.6) is 11.5 Å². The number of likely N-dealkylation sites (tertiary alicyclic amines) is 1. The lowest BCUT2D eigenvalue weighted by atomic mass is 10.1. The Bertz CT molecular complexity index is 506. The number of hydrogen-bond donors (Lipinski definition) is 1. The first-order chi connectivity index (χ1) is 9.56. The summed E-state index contributed by atoms with van der Waals surface area (Å²) in [5.74, 6) is 0.551. The van der Waals surface area contributed by atoms with Crippen LogP contribution in [-0.4, -0.2) is 42.8 Å². The predicted octanol–water partition coefficient (Wildman–Crippen LogP) is 2.52. The van der Waals surface area contributed by atoms with Crippen molar-refractivity contribution in [2.24, 2.45) is 0 Å². The van der Waals surface area contributed by atoms with Crippen LogP contribution in [0.3, 0.4) is 0 Å². The van der Waals surface area contributed by atoms with Gasteiger partial charge in [-0.25, -0.2) is 0 Å². The molecule has 1 aliphatic rings. The van der Waals surface area contributed by atoms with Crippen LogP contribution in [0.4, 0.5) is 0 Å². The van der Waals surface area contributed by atoms with E-state index in [4.69, 9.17) is 9.47 Å². The van der Waals surface area contributed by atoms with E-state index in [9.17, 15) is 9.90 Å². The lowest BCUT2D eigenvalue weighted by molar-refractivity contribution is -0.142. The normalized spacial score (nSPS) is 19.1. The van der Waals surface area contributed by atoms with Crippen LogP contribution < -0.4 is 9.47 Å². The molecule has 1 saturated heterocycles. The smallest absolute Gasteiger partial charge is 0.320 e. The third-order valence-corrected chi connectivity index (χ3v) is 4.31. The average molecular weight is 344 g/mol. The van der Waals surface area contributed by atoms with Gasteiger partial charge in [-0.1, -0.05) is 15.9 Å². The third kappa shape index (κ3) is 3.07. The molecule has 0 radical (unpaired) electrons. The first-order valence-electron chi connectivity index (χ1n) is 6.44. The molecule has 0 aliphatic carbocycles. The molecule has 1 N–H and O–H groups in total. The largest absolute Gasteiger partial charge is 0.493 e. The molecule has 0 aromatic heterocycles. The summed E-state index contributed by atoms with van der Waals surface area (Å²) < 4.78 is 11.4. The van der Waals surface area contributed by atoms with Crippen molar-refractivity contribution in [3.8, 4) is 11.5 Å². The first-order valence-corrected chi connectivity index (χ1v) is 7.23. The lowest BCUT2D eigenvalue weighted by Gasteiger charge is -2.22. The minimum Gasteiger partial charge on any atom is -0.493 e. The monoisotopic (exact) mass is 343 g/mol. The second-order valence-electron chi connectivity index (χ2n) is 4.77. The molecule has 20 heavy (non-hydrogen) atoms. The Morgan fingerprint density at radius 2 is 2.05 bits per heavy atom. The number of halogens is 1. The zero-order chi connectivity index (χ0) is 14.7. The molecule has 1 aromatic carbocycles. The second kappa shape index (κ2) is 6.45. The van der Waals surface area contributed by atoms with E-state index in [2.05, 4.69) is 15.9 Å². The molecule has 1 fully saturated rings. The van der Waals surface area contributed by atoms with E-state index < -0.39 is 12.0 Å². The molecular formula is C14H18BrNO4. The Labute approximate surface area is 126 Å². The SMILES string of the molecule is COc1cc(Br)c(CN2CCC[C@H]2C(=O)O)cc1OC. The molecule has 1 atom stereocenters. The van der Waals surface area contributed by atoms with Gasteiger partial charge in [0, 0.05) is 11.0 Å². The van der Waals surface area contributed by atoms with Gasteiger partial charge in [-0.15, -0.1) is 0 Å². The van der Waals surface area contributed by atoms with E-state index in [1.165, 1.54) is 0 Å². The fraction of sp³-hybridized carbons (Fsp3) is 0.500. The molecule has 0 amide bonds. The zero-order valence-electron chi connectivity index (χ0n) is 11.6. The van der Waals surface area contributed by atoms with Crippen molar-refractivity contribution in [1.82, 2.24) is 4.90 Å². The standard InChI is InChI=1S/C14H18BrNO4/c1-19-12-6-9(10(15)7-13(12)20-2)8-16-5-3-4-11(16)14(17)18/h6-7,11H,3-5,8H2,1-2H3,(H,17,18)/t11-/m0/s1. The third-order valence-electron chi connectivity index (χ3n) is 3.57. The summed E-state index contributed by atoms with van der Waals surface area (Å²) in [4.78, 5) is 13.2. The summed E-state index contributed by atoms with van der Waals surface area (Å²) in [6.45, 7) is 1.38. The fourth-order valence-electron chi connectivity index (χ4n) is 2.53. The summed E-state index contributed by atoms with van der Waals surface area (Å²) >= 11 is 3.51.